The molecule has 0 saturated heterocycles. The molecule has 23 heavy (non-hydrogen) atoms. The van der Waals surface area contributed by atoms with Crippen LogP contribution in [0.25, 0.3) is 0 Å². The number of nitrogens with one attached hydrogen (secondary N) is 2. The summed E-state index contributed by atoms with van der Waals surface area (Å²) in [6.45, 7) is 1.30. The van der Waals surface area contributed by atoms with Gasteiger partial charge in [-0.05, 0) is 19.1 Å². The summed E-state index contributed by atoms with van der Waals surface area (Å²) >= 11 is 0. The number of carbonyl (C=O) groups is 1. The molecule has 1 aromatic carbocycles. The minimum atomic E-state index is -3.83. The maximum atomic E-state index is 12.1. The molecule has 0 radical (unpaired) electrons. The fourth-order valence-corrected chi connectivity index (χ4v) is 2.81. The van der Waals surface area contributed by atoms with E-state index >= 15 is 0 Å². The number of methoxy groups -OCH3 is 1. The smallest absolute Gasteiger partial charge is 0.260 e. The molecular formula is C14H18N4O4S. The number of anilines is 1. The first-order valence-electron chi connectivity index (χ1n) is 6.75. The lowest BCUT2D eigenvalue weighted by molar-refractivity contribution is -0.115. The third-order valence-electron chi connectivity index (χ3n) is 3.14. The molecule has 2 aromatic rings. The first kappa shape index (κ1) is 17.0. The van der Waals surface area contributed by atoms with Crippen LogP contribution in [-0.4, -0.2) is 37.5 Å². The molecule has 0 atom stereocenters. The van der Waals surface area contributed by atoms with E-state index in [1.807, 2.05) is 0 Å². The minimum absolute atomic E-state index is 0.119. The van der Waals surface area contributed by atoms with E-state index in [1.165, 1.54) is 13.3 Å². The fraction of sp³-hybridized carbons (Fsp3) is 0.286. The normalized spacial score (nSPS) is 11.3. The number of hydrogen-bond donors (Lipinski definition) is 2. The largest absolute Gasteiger partial charge is 0.497 e. The molecule has 0 unspecified atom stereocenters. The van der Waals surface area contributed by atoms with Crippen LogP contribution in [0.4, 0.5) is 5.69 Å². The second-order valence-corrected chi connectivity index (χ2v) is 6.56. The average molecular weight is 338 g/mol. The summed E-state index contributed by atoms with van der Waals surface area (Å²) in [6, 6.07) is 6.77. The van der Waals surface area contributed by atoms with Crippen molar-refractivity contribution in [2.45, 2.75) is 11.9 Å². The lowest BCUT2D eigenvalue weighted by Crippen LogP contribution is -2.33. The van der Waals surface area contributed by atoms with Crippen molar-refractivity contribution < 1.29 is 17.9 Å². The zero-order valence-corrected chi connectivity index (χ0v) is 13.8. The van der Waals surface area contributed by atoms with Crippen LogP contribution in [-0.2, 0) is 21.9 Å². The summed E-state index contributed by atoms with van der Waals surface area (Å²) in [5, 5.41) is 2.47. The summed E-state index contributed by atoms with van der Waals surface area (Å²) < 4.78 is 33.0. The van der Waals surface area contributed by atoms with Gasteiger partial charge < -0.3 is 14.6 Å². The topological polar surface area (TPSA) is 102 Å². The highest BCUT2D eigenvalue weighted by atomic mass is 32.2. The molecule has 2 N–H and O–H groups in total. The molecule has 0 spiro atoms. The van der Waals surface area contributed by atoms with Gasteiger partial charge in [0.2, 0.25) is 5.91 Å². The quantitative estimate of drug-likeness (QED) is 0.805. The van der Waals surface area contributed by atoms with E-state index in [0.717, 1.165) is 0 Å². The third kappa shape index (κ3) is 4.30. The van der Waals surface area contributed by atoms with Gasteiger partial charge >= 0.3 is 0 Å². The number of carbonyl (C=O) groups excluding carboxylic acids is 1. The van der Waals surface area contributed by atoms with Crippen molar-refractivity contribution in [1.29, 1.82) is 0 Å². The number of amides is 1. The van der Waals surface area contributed by atoms with Crippen molar-refractivity contribution in [2.75, 3.05) is 19.0 Å². The highest BCUT2D eigenvalue weighted by Gasteiger charge is 2.19. The Labute approximate surface area is 134 Å². The molecular weight excluding hydrogens is 320 g/mol. The van der Waals surface area contributed by atoms with E-state index < -0.39 is 22.5 Å². The average Bonchev–Trinajstić information content (AvgIpc) is 2.86. The van der Waals surface area contributed by atoms with Gasteiger partial charge in [-0.25, -0.2) is 18.1 Å². The van der Waals surface area contributed by atoms with E-state index in [1.54, 1.807) is 42.8 Å². The van der Waals surface area contributed by atoms with Crippen molar-refractivity contribution >= 4 is 21.6 Å². The van der Waals surface area contributed by atoms with Crippen LogP contribution in [0.5, 0.6) is 5.75 Å². The number of sulfonamides is 1. The second kappa shape index (κ2) is 6.80. The Morgan fingerprint density at radius 1 is 1.39 bits per heavy atom. The Hall–Kier alpha value is -2.39. The molecule has 2 rings (SSSR count). The molecule has 9 heteroatoms. The number of nitrogens with zero attached hydrogens (tertiary/aromatic N) is 2. The van der Waals surface area contributed by atoms with Crippen molar-refractivity contribution in [1.82, 2.24) is 14.3 Å². The summed E-state index contributed by atoms with van der Waals surface area (Å²) in [6.07, 6.45) is 1.39. The first-order valence-corrected chi connectivity index (χ1v) is 8.23. The van der Waals surface area contributed by atoms with Gasteiger partial charge in [0.15, 0.2) is 5.03 Å². The van der Waals surface area contributed by atoms with E-state index in [-0.39, 0.29) is 5.03 Å². The number of ether oxygens (including phenoxy) is 1. The molecule has 124 valence electrons. The van der Waals surface area contributed by atoms with E-state index in [2.05, 4.69) is 15.0 Å². The Morgan fingerprint density at radius 2 is 2.13 bits per heavy atom. The summed E-state index contributed by atoms with van der Waals surface area (Å²) in [4.78, 5) is 15.8. The van der Waals surface area contributed by atoms with Gasteiger partial charge in [-0.1, -0.05) is 6.07 Å². The Morgan fingerprint density at radius 3 is 2.74 bits per heavy atom. The summed E-state index contributed by atoms with van der Waals surface area (Å²) in [7, 11) is -0.620. The molecule has 1 amide bonds. The summed E-state index contributed by atoms with van der Waals surface area (Å²) in [5.74, 6) is 0.660. The molecule has 0 saturated carbocycles. The van der Waals surface area contributed by atoms with E-state index in [0.29, 0.717) is 17.3 Å². The number of rotatable bonds is 6. The first-order chi connectivity index (χ1) is 10.8. The van der Waals surface area contributed by atoms with Crippen molar-refractivity contribution in [3.63, 3.8) is 0 Å². The maximum Gasteiger partial charge on any atom is 0.260 e. The zero-order chi connectivity index (χ0) is 17.0. The van der Waals surface area contributed by atoms with Crippen molar-refractivity contribution in [3.8, 4) is 5.75 Å². The van der Waals surface area contributed by atoms with Crippen LogP contribution in [0.3, 0.4) is 0 Å². The van der Waals surface area contributed by atoms with Crippen molar-refractivity contribution in [3.05, 3.63) is 36.3 Å². The number of benzene rings is 1. The van der Waals surface area contributed by atoms with E-state index in [4.69, 9.17) is 4.74 Å². The van der Waals surface area contributed by atoms with Gasteiger partial charge in [-0.3, -0.25) is 4.79 Å². The number of imidazole rings is 1. The predicted molar refractivity (Wildman–Crippen MR) is 84.8 cm³/mol. The van der Waals surface area contributed by atoms with Crippen LogP contribution in [0, 0.1) is 6.92 Å². The SMILES string of the molecule is COc1cccc(NC(=O)CNS(=O)(=O)c2cn(C)c(C)n2)c1. The Bertz CT molecular complexity index is 794. The van der Waals surface area contributed by atoms with Crippen molar-refractivity contribution in [2.24, 2.45) is 7.05 Å². The van der Waals surface area contributed by atoms with Gasteiger partial charge in [0, 0.05) is 25.0 Å². The minimum Gasteiger partial charge on any atom is -0.497 e. The molecule has 1 aromatic heterocycles. The molecule has 8 nitrogen and oxygen atoms in total. The molecule has 0 aliphatic rings. The molecule has 0 aliphatic heterocycles. The van der Waals surface area contributed by atoms with Crippen LogP contribution in [0.2, 0.25) is 0 Å². The number of aromatic nitrogens is 2. The predicted octanol–water partition coefficient (Wildman–Crippen LogP) is 0.654. The lowest BCUT2D eigenvalue weighted by atomic mass is 10.3. The Kier molecular flexibility index (Phi) is 5.02. The number of aryl methyl sites for hydroxylation is 2. The van der Waals surface area contributed by atoms with E-state index in [9.17, 15) is 13.2 Å². The highest BCUT2D eigenvalue weighted by Crippen LogP contribution is 2.16. The monoisotopic (exact) mass is 338 g/mol. The Balaban J connectivity index is 1.98. The summed E-state index contributed by atoms with van der Waals surface area (Å²) in [5.41, 5.74) is 0.516. The molecule has 0 fully saturated rings. The standard InChI is InChI=1S/C14H18N4O4S/c1-10-16-14(9-18(10)2)23(20,21)15-8-13(19)17-11-5-4-6-12(7-11)22-3/h4-7,9,15H,8H2,1-3H3,(H,17,19). The van der Waals surface area contributed by atoms with Crippen LogP contribution >= 0.6 is 0 Å². The van der Waals surface area contributed by atoms with Gasteiger partial charge in [0.25, 0.3) is 10.0 Å². The van der Waals surface area contributed by atoms with Gasteiger partial charge in [-0.15, -0.1) is 0 Å². The van der Waals surface area contributed by atoms with Crippen LogP contribution in [0.15, 0.2) is 35.5 Å². The molecule has 0 aliphatic carbocycles. The second-order valence-electron chi connectivity index (χ2n) is 4.84. The highest BCUT2D eigenvalue weighted by molar-refractivity contribution is 7.89. The van der Waals surface area contributed by atoms with Gasteiger partial charge in [0.05, 0.1) is 13.7 Å². The third-order valence-corrected chi connectivity index (χ3v) is 4.41. The molecule has 0 bridgehead atoms. The van der Waals surface area contributed by atoms with Crippen LogP contribution in [0.1, 0.15) is 5.82 Å². The molecule has 1 heterocycles. The van der Waals surface area contributed by atoms with Gasteiger partial charge in [-0.2, -0.15) is 0 Å². The maximum absolute atomic E-state index is 12.1. The number of hydrogen-bond acceptors (Lipinski definition) is 5. The van der Waals surface area contributed by atoms with Crippen LogP contribution < -0.4 is 14.8 Å². The lowest BCUT2D eigenvalue weighted by Gasteiger charge is -2.07. The van der Waals surface area contributed by atoms with Gasteiger partial charge in [0.1, 0.15) is 11.6 Å². The zero-order valence-electron chi connectivity index (χ0n) is 13.0. The fourth-order valence-electron chi connectivity index (χ4n) is 1.80.